The van der Waals surface area contributed by atoms with Gasteiger partial charge in [0.05, 0.1) is 37.7 Å². The Hall–Kier alpha value is -0.180. The van der Waals surface area contributed by atoms with Crippen LogP contribution < -0.4 is 0 Å². The van der Waals surface area contributed by atoms with Gasteiger partial charge in [0.15, 0.2) is 0 Å². The molecule has 1 fully saturated rings. The molecule has 22 heavy (non-hydrogen) atoms. The second kappa shape index (κ2) is 7.59. The van der Waals surface area contributed by atoms with E-state index in [1.165, 1.54) is 6.26 Å². The van der Waals surface area contributed by atoms with Crippen LogP contribution in [0.4, 0.5) is 0 Å². The van der Waals surface area contributed by atoms with E-state index in [1.807, 2.05) is 0 Å². The van der Waals surface area contributed by atoms with Crippen LogP contribution in [0.3, 0.4) is 0 Å². The van der Waals surface area contributed by atoms with Crippen LogP contribution in [0.5, 0.6) is 0 Å². The highest BCUT2D eigenvalue weighted by atomic mass is 32.2. The van der Waals surface area contributed by atoms with E-state index in [0.717, 1.165) is 37.0 Å². The van der Waals surface area contributed by atoms with Crippen LogP contribution in [-0.2, 0) is 20.0 Å². The Bertz CT molecular complexity index is 558. The molecule has 8 heteroatoms. The van der Waals surface area contributed by atoms with Crippen LogP contribution in [0.15, 0.2) is 0 Å². The molecule has 1 aliphatic heterocycles. The Morgan fingerprint density at radius 1 is 1.05 bits per heavy atom. The van der Waals surface area contributed by atoms with E-state index in [9.17, 15) is 16.8 Å². The summed E-state index contributed by atoms with van der Waals surface area (Å²) in [6.45, 7) is 7.51. The first-order chi connectivity index (χ1) is 10.0. The summed E-state index contributed by atoms with van der Waals surface area (Å²) in [7, 11) is -6.93. The number of hydrogen-bond donors (Lipinski definition) is 1. The average molecular weight is 357 g/mol. The molecule has 132 valence electrons. The van der Waals surface area contributed by atoms with Crippen molar-refractivity contribution in [2.24, 2.45) is 11.8 Å². The zero-order valence-electron chi connectivity index (χ0n) is 13.9. The van der Waals surface area contributed by atoms with Crippen LogP contribution in [0.25, 0.3) is 0 Å². The van der Waals surface area contributed by atoms with E-state index in [2.05, 4.69) is 13.8 Å². The molecule has 3 unspecified atom stereocenters. The Morgan fingerprint density at radius 3 is 2.09 bits per heavy atom. The Labute approximate surface area is 135 Å². The Morgan fingerprint density at radius 2 is 1.64 bits per heavy atom. The number of likely N-dealkylation sites (tertiary alicyclic amines) is 1. The summed E-state index contributed by atoms with van der Waals surface area (Å²) >= 11 is 0. The van der Waals surface area contributed by atoms with E-state index in [-0.39, 0.29) is 17.4 Å². The summed E-state index contributed by atoms with van der Waals surface area (Å²) < 4.78 is 54.8. The monoisotopic (exact) mass is 356 g/mol. The molecule has 0 radical (unpaired) electrons. The fourth-order valence-electron chi connectivity index (χ4n) is 3.94. The van der Waals surface area contributed by atoms with Crippen molar-refractivity contribution in [3.63, 3.8) is 0 Å². The van der Waals surface area contributed by atoms with Crippen LogP contribution in [0, 0.1) is 11.8 Å². The second-order valence-electron chi connectivity index (χ2n) is 6.81. The summed E-state index contributed by atoms with van der Waals surface area (Å²) in [5, 5.41) is 0. The van der Waals surface area contributed by atoms with Crippen molar-refractivity contribution in [1.29, 1.82) is 0 Å². The lowest BCUT2D eigenvalue weighted by atomic mass is 9.96. The third kappa shape index (κ3) is 6.52. The summed E-state index contributed by atoms with van der Waals surface area (Å²) in [6, 6.07) is 0. The van der Waals surface area contributed by atoms with Crippen molar-refractivity contribution in [3.05, 3.63) is 0 Å². The van der Waals surface area contributed by atoms with Gasteiger partial charge in [-0.3, -0.25) is 4.55 Å². The second-order valence-corrected chi connectivity index (χ2v) is 10.6. The highest BCUT2D eigenvalue weighted by molar-refractivity contribution is 7.90. The molecular formula is C14H30NO5S2+. The lowest BCUT2D eigenvalue weighted by Gasteiger charge is -2.35. The predicted molar refractivity (Wildman–Crippen MR) is 88.0 cm³/mol. The van der Waals surface area contributed by atoms with E-state index >= 15 is 0 Å². The van der Waals surface area contributed by atoms with Crippen LogP contribution >= 0.6 is 0 Å². The van der Waals surface area contributed by atoms with Crippen molar-refractivity contribution in [1.82, 2.24) is 0 Å². The number of hydrogen-bond acceptors (Lipinski definition) is 4. The molecule has 1 saturated heterocycles. The fraction of sp³-hybridized carbons (Fsp3) is 1.00. The van der Waals surface area contributed by atoms with E-state index < -0.39 is 20.0 Å². The molecule has 0 aliphatic carbocycles. The summed E-state index contributed by atoms with van der Waals surface area (Å²) in [4.78, 5) is 0. The summed E-state index contributed by atoms with van der Waals surface area (Å²) in [6.07, 6.45) is 3.63. The van der Waals surface area contributed by atoms with Crippen LogP contribution in [0.2, 0.25) is 0 Å². The number of nitrogens with zero attached hydrogens (tertiary/aromatic N) is 1. The Balaban J connectivity index is 2.81. The molecule has 3 atom stereocenters. The van der Waals surface area contributed by atoms with Gasteiger partial charge in [0.2, 0.25) is 0 Å². The topological polar surface area (TPSA) is 88.5 Å². The predicted octanol–water partition coefficient (Wildman–Crippen LogP) is 1.19. The lowest BCUT2D eigenvalue weighted by Crippen LogP contribution is -2.48. The van der Waals surface area contributed by atoms with Crippen molar-refractivity contribution in [3.8, 4) is 0 Å². The molecule has 1 N–H and O–H groups in total. The minimum Gasteiger partial charge on any atom is -0.323 e. The minimum atomic E-state index is -3.92. The average Bonchev–Trinajstić information content (AvgIpc) is 2.63. The van der Waals surface area contributed by atoms with Crippen molar-refractivity contribution in [2.75, 3.05) is 43.9 Å². The van der Waals surface area contributed by atoms with Gasteiger partial charge in [0.1, 0.15) is 9.84 Å². The lowest BCUT2D eigenvalue weighted by molar-refractivity contribution is -0.919. The highest BCUT2D eigenvalue weighted by Gasteiger charge is 2.44. The molecule has 0 saturated carbocycles. The number of rotatable bonds is 9. The smallest absolute Gasteiger partial charge is 0.265 e. The van der Waals surface area contributed by atoms with Gasteiger partial charge < -0.3 is 4.48 Å². The van der Waals surface area contributed by atoms with Gasteiger partial charge >= 0.3 is 0 Å². The third-order valence-corrected chi connectivity index (χ3v) is 6.52. The van der Waals surface area contributed by atoms with Gasteiger partial charge in [0, 0.05) is 24.5 Å². The molecule has 6 nitrogen and oxygen atoms in total. The van der Waals surface area contributed by atoms with Gasteiger partial charge in [-0.15, -0.1) is 0 Å². The molecule has 1 aliphatic rings. The first kappa shape index (κ1) is 19.9. The van der Waals surface area contributed by atoms with Gasteiger partial charge in [-0.2, -0.15) is 8.42 Å². The standard InChI is InChI=1S/C14H29NO5S2/c1-4-7-15(8-6-9-22(18,19)20)10-13(5-2)14(11-15)12-21(3,16)17/h13-14H,4-12H2,1-3H3/p+1. The van der Waals surface area contributed by atoms with E-state index in [4.69, 9.17) is 4.55 Å². The molecular weight excluding hydrogens is 326 g/mol. The van der Waals surface area contributed by atoms with Gasteiger partial charge in [0.25, 0.3) is 10.1 Å². The van der Waals surface area contributed by atoms with Gasteiger partial charge in [-0.25, -0.2) is 8.42 Å². The number of quaternary nitrogens is 1. The first-order valence-corrected chi connectivity index (χ1v) is 11.6. The molecule has 0 aromatic rings. The zero-order valence-corrected chi connectivity index (χ0v) is 15.5. The fourth-order valence-corrected chi connectivity index (χ4v) is 5.59. The van der Waals surface area contributed by atoms with E-state index in [0.29, 0.717) is 18.9 Å². The first-order valence-electron chi connectivity index (χ1n) is 7.98. The Kier molecular flexibility index (Phi) is 6.86. The molecule has 0 bridgehead atoms. The number of sulfone groups is 1. The summed E-state index contributed by atoms with van der Waals surface area (Å²) in [5.74, 6) is 0.516. The molecule has 1 heterocycles. The quantitative estimate of drug-likeness (QED) is 0.495. The zero-order chi connectivity index (χ0) is 17.0. The van der Waals surface area contributed by atoms with Crippen molar-refractivity contribution in [2.45, 2.75) is 33.1 Å². The van der Waals surface area contributed by atoms with Crippen LogP contribution in [0.1, 0.15) is 33.1 Å². The third-order valence-electron chi connectivity index (χ3n) is 4.68. The molecule has 0 amide bonds. The molecule has 0 aromatic carbocycles. The largest absolute Gasteiger partial charge is 0.323 e. The van der Waals surface area contributed by atoms with Crippen molar-refractivity contribution < 1.29 is 25.9 Å². The van der Waals surface area contributed by atoms with Gasteiger partial charge in [-0.05, 0) is 12.8 Å². The summed E-state index contributed by atoms with van der Waals surface area (Å²) in [5.41, 5.74) is 0. The highest BCUT2D eigenvalue weighted by Crippen LogP contribution is 2.33. The maximum atomic E-state index is 11.6. The molecule has 0 aromatic heterocycles. The van der Waals surface area contributed by atoms with E-state index in [1.54, 1.807) is 0 Å². The molecule has 0 spiro atoms. The maximum Gasteiger partial charge on any atom is 0.265 e. The van der Waals surface area contributed by atoms with Crippen LogP contribution in [-0.4, -0.2) is 69.8 Å². The van der Waals surface area contributed by atoms with Gasteiger partial charge in [-0.1, -0.05) is 13.8 Å². The SMILES string of the molecule is CCC[N+]1(CCCS(=O)(=O)O)CC(CC)C(CS(C)(=O)=O)C1. The maximum absolute atomic E-state index is 11.6. The minimum absolute atomic E-state index is 0.150. The normalized spacial score (nSPS) is 29.8. The van der Waals surface area contributed by atoms with Crippen molar-refractivity contribution >= 4 is 20.0 Å². The molecule has 1 rings (SSSR count).